The van der Waals surface area contributed by atoms with Crippen LogP contribution in [0, 0.1) is 22.7 Å². The molecule has 0 spiro atoms. The molecule has 0 saturated heterocycles. The molecule has 0 unspecified atom stereocenters. The van der Waals surface area contributed by atoms with Gasteiger partial charge in [0.1, 0.15) is 29.6 Å². The molecular weight excluding hydrogens is 666 g/mol. The highest BCUT2D eigenvalue weighted by atomic mass is 19.4. The van der Waals surface area contributed by atoms with Gasteiger partial charge in [0.25, 0.3) is 5.91 Å². The minimum Gasteiger partial charge on any atom is -0.478 e. The van der Waals surface area contributed by atoms with E-state index in [9.17, 15) is 44.7 Å². The molecule has 48 heavy (non-hydrogen) atoms. The lowest BCUT2D eigenvalue weighted by Gasteiger charge is -2.18. The summed E-state index contributed by atoms with van der Waals surface area (Å²) in [6.07, 6.45) is -5.88. The summed E-state index contributed by atoms with van der Waals surface area (Å²) in [6.45, 7) is -1.05. The minimum absolute atomic E-state index is 0.0145. The summed E-state index contributed by atoms with van der Waals surface area (Å²) in [6, 6.07) is 7.35. The minimum atomic E-state index is -4.33. The summed E-state index contributed by atoms with van der Waals surface area (Å²) in [7, 11) is 0. The van der Waals surface area contributed by atoms with Crippen LogP contribution in [0.3, 0.4) is 0 Å². The summed E-state index contributed by atoms with van der Waals surface area (Å²) in [5.41, 5.74) is 0.393. The number of carbonyl (C=O) groups is 2. The molecule has 2 aliphatic carbocycles. The number of pyridine rings is 2. The van der Waals surface area contributed by atoms with E-state index in [-0.39, 0.29) is 54.6 Å². The quantitative estimate of drug-likeness (QED) is 0.172. The summed E-state index contributed by atoms with van der Waals surface area (Å²) in [4.78, 5) is 28.7. The Bertz CT molecular complexity index is 1700. The van der Waals surface area contributed by atoms with Crippen molar-refractivity contribution >= 4 is 11.9 Å². The monoisotopic (exact) mass is 689 g/mol. The van der Waals surface area contributed by atoms with E-state index in [0.29, 0.717) is 0 Å². The van der Waals surface area contributed by atoms with Gasteiger partial charge in [0.15, 0.2) is 11.6 Å². The molecule has 0 aliphatic heterocycles. The number of carbonyl (C=O) groups excluding carboxylic acids is 1. The Labute approximate surface area is 264 Å². The highest BCUT2D eigenvalue weighted by Gasteiger charge is 2.64. The Hall–Kier alpha value is -5.30. The van der Waals surface area contributed by atoms with Crippen molar-refractivity contribution in [1.82, 2.24) is 29.5 Å². The van der Waals surface area contributed by atoms with Gasteiger partial charge in [-0.2, -0.15) is 45.1 Å². The van der Waals surface area contributed by atoms with Gasteiger partial charge in [-0.25, -0.2) is 14.2 Å². The summed E-state index contributed by atoms with van der Waals surface area (Å²) in [5.74, 6) is -4.76. The number of nitrogens with two attached hydrogens (primary N) is 1. The first-order valence-electron chi connectivity index (χ1n) is 13.8. The molecule has 2 saturated carbocycles. The molecule has 0 bridgehead atoms. The summed E-state index contributed by atoms with van der Waals surface area (Å²) >= 11 is 0. The summed E-state index contributed by atoms with van der Waals surface area (Å²) < 4.78 is 116. The van der Waals surface area contributed by atoms with Gasteiger partial charge < -0.3 is 20.3 Å². The zero-order valence-electron chi connectivity index (χ0n) is 24.2. The van der Waals surface area contributed by atoms with E-state index in [0.717, 1.165) is 21.5 Å². The molecule has 0 radical (unpaired) electrons. The molecule has 20 heteroatoms. The summed E-state index contributed by atoms with van der Waals surface area (Å²) in [5, 5.41) is 16.5. The number of carboxylic acids is 1. The van der Waals surface area contributed by atoms with Crippen molar-refractivity contribution in [1.29, 1.82) is 0 Å². The lowest BCUT2D eigenvalue weighted by Crippen LogP contribution is -2.30. The van der Waals surface area contributed by atoms with Crippen molar-refractivity contribution in [2.75, 3.05) is 13.2 Å². The van der Waals surface area contributed by atoms with Gasteiger partial charge in [-0.3, -0.25) is 4.79 Å². The van der Waals surface area contributed by atoms with Gasteiger partial charge in [0, 0.05) is 24.5 Å². The number of amides is 1. The lowest BCUT2D eigenvalue weighted by atomic mass is 10.1. The van der Waals surface area contributed by atoms with Crippen LogP contribution in [0.4, 0.5) is 35.1 Å². The van der Waals surface area contributed by atoms with E-state index < -0.39 is 65.7 Å². The smallest absolute Gasteiger partial charge is 0.397 e. The second-order valence-electron chi connectivity index (χ2n) is 11.0. The number of rotatable bonds is 10. The maximum Gasteiger partial charge on any atom is 0.397 e. The number of hydrogen-bond donors (Lipinski definition) is 2. The van der Waals surface area contributed by atoms with Crippen LogP contribution in [0.25, 0.3) is 11.6 Å². The molecule has 2 fully saturated rings. The lowest BCUT2D eigenvalue weighted by molar-refractivity contribution is -0.195. The number of aromatic carboxylic acids is 1. The molecule has 256 valence electrons. The Balaban J connectivity index is 0.000000188. The maximum atomic E-state index is 13.6. The van der Waals surface area contributed by atoms with E-state index in [1.54, 1.807) is 0 Å². The number of alkyl halides is 6. The highest BCUT2D eigenvalue weighted by Crippen LogP contribution is 2.58. The molecular formula is C28H23F8N7O5. The second-order valence-corrected chi connectivity index (χ2v) is 11.0. The zero-order chi connectivity index (χ0) is 35.1. The molecule has 6 rings (SSSR count). The van der Waals surface area contributed by atoms with Crippen LogP contribution in [0.15, 0.2) is 48.8 Å². The number of halogens is 8. The molecule has 4 heterocycles. The number of aromatic nitrogens is 6. The molecule has 0 atom stereocenters. The van der Waals surface area contributed by atoms with Gasteiger partial charge in [-0.1, -0.05) is 0 Å². The first kappa shape index (κ1) is 34.0. The van der Waals surface area contributed by atoms with E-state index in [1.165, 1.54) is 36.7 Å². The third-order valence-electron chi connectivity index (χ3n) is 7.67. The standard InChI is InChI=1S/C14H12F4N4O2.C14H11F4N3O3/c15-11-8(12(19)23)1-2-9(20-11)22-6-3-10(21-22)24-7-13(4-5-13)14(16,17)18;15-11-8(12(22)23)1-2-9(19-11)21-6-3-10(20-21)24-7-13(4-5-13)14(16,17)18/h1-3,6H,4-5,7H2,(H2,19,23);1-3,6H,4-5,7H2,(H,22,23). The van der Waals surface area contributed by atoms with Gasteiger partial charge in [0.05, 0.1) is 5.56 Å². The number of ether oxygens (including phenoxy) is 2. The Kier molecular flexibility index (Phi) is 8.78. The Morgan fingerprint density at radius 3 is 1.44 bits per heavy atom. The zero-order valence-corrected chi connectivity index (χ0v) is 24.2. The molecule has 1 amide bonds. The second kappa shape index (κ2) is 12.4. The normalized spacial score (nSPS) is 16.0. The van der Waals surface area contributed by atoms with Gasteiger partial charge in [-0.05, 0) is 49.9 Å². The average Bonchev–Trinajstić information content (AvgIpc) is 3.88. The van der Waals surface area contributed by atoms with Crippen LogP contribution in [0.5, 0.6) is 11.8 Å². The fourth-order valence-corrected chi connectivity index (χ4v) is 4.22. The molecule has 0 aromatic carbocycles. The van der Waals surface area contributed by atoms with E-state index in [4.69, 9.17) is 20.3 Å². The highest BCUT2D eigenvalue weighted by molar-refractivity contribution is 5.92. The largest absolute Gasteiger partial charge is 0.478 e. The maximum absolute atomic E-state index is 13.6. The van der Waals surface area contributed by atoms with E-state index in [1.807, 2.05) is 0 Å². The predicted molar refractivity (Wildman–Crippen MR) is 145 cm³/mol. The number of primary amides is 1. The molecule has 12 nitrogen and oxygen atoms in total. The predicted octanol–water partition coefficient (Wildman–Crippen LogP) is 5.05. The molecule has 2 aliphatic rings. The molecule has 4 aromatic rings. The third-order valence-corrected chi connectivity index (χ3v) is 7.67. The molecule has 3 N–H and O–H groups in total. The van der Waals surface area contributed by atoms with Gasteiger partial charge >= 0.3 is 18.3 Å². The first-order chi connectivity index (χ1) is 22.4. The van der Waals surface area contributed by atoms with Crippen molar-refractivity contribution in [3.8, 4) is 23.4 Å². The van der Waals surface area contributed by atoms with Crippen molar-refractivity contribution in [3.05, 3.63) is 71.8 Å². The first-order valence-corrected chi connectivity index (χ1v) is 13.8. The Morgan fingerprint density at radius 1 is 0.729 bits per heavy atom. The van der Waals surface area contributed by atoms with Crippen molar-refractivity contribution in [2.24, 2.45) is 16.6 Å². The average molecular weight is 690 g/mol. The van der Waals surface area contributed by atoms with Gasteiger partial charge in [0.2, 0.25) is 23.7 Å². The number of nitrogens with zero attached hydrogens (tertiary/aromatic N) is 6. The fraction of sp³-hybridized carbons (Fsp3) is 0.357. The van der Waals surface area contributed by atoms with Crippen molar-refractivity contribution in [2.45, 2.75) is 38.0 Å². The van der Waals surface area contributed by atoms with Crippen molar-refractivity contribution < 1.29 is 59.3 Å². The van der Waals surface area contributed by atoms with Crippen LogP contribution >= 0.6 is 0 Å². The molecule has 4 aromatic heterocycles. The number of carboxylic acid groups (broad SMARTS) is 1. The van der Waals surface area contributed by atoms with E-state index >= 15 is 0 Å². The topological polar surface area (TPSA) is 160 Å². The number of hydrogen-bond acceptors (Lipinski definition) is 8. The Morgan fingerprint density at radius 2 is 1.12 bits per heavy atom. The fourth-order valence-electron chi connectivity index (χ4n) is 4.22. The van der Waals surface area contributed by atoms with Crippen LogP contribution in [0.2, 0.25) is 0 Å². The van der Waals surface area contributed by atoms with Crippen LogP contribution in [-0.2, 0) is 0 Å². The van der Waals surface area contributed by atoms with E-state index in [2.05, 4.69) is 20.2 Å². The SMILES string of the molecule is NC(=O)c1ccc(-n2ccc(OCC3(C(F)(F)F)CC3)n2)nc1F.O=C(O)c1ccc(-n2ccc(OCC3(C(F)(F)F)CC3)n2)nc1F. The van der Waals surface area contributed by atoms with Crippen molar-refractivity contribution in [3.63, 3.8) is 0 Å². The van der Waals surface area contributed by atoms with Crippen LogP contribution in [0.1, 0.15) is 46.4 Å². The van der Waals surface area contributed by atoms with Gasteiger partial charge in [-0.15, -0.1) is 10.2 Å². The van der Waals surface area contributed by atoms with Crippen LogP contribution < -0.4 is 15.2 Å². The van der Waals surface area contributed by atoms with Crippen LogP contribution in [-0.4, -0.2) is 72.1 Å². The third kappa shape index (κ3) is 7.15.